The first-order valence-corrected chi connectivity index (χ1v) is 6.32. The largest absolute Gasteiger partial charge is 0.443 e. The van der Waals surface area contributed by atoms with E-state index in [9.17, 15) is 22.0 Å². The van der Waals surface area contributed by atoms with Crippen LogP contribution < -0.4 is 5.73 Å². The minimum Gasteiger partial charge on any atom is -0.323 e. The quantitative estimate of drug-likeness (QED) is 0.879. The first-order chi connectivity index (χ1) is 9.29. The average molecular weight is 308 g/mol. The molecule has 0 saturated heterocycles. The molecule has 20 heavy (non-hydrogen) atoms. The maximum atomic E-state index is 13.4. The molecule has 2 rings (SSSR count). The van der Waals surface area contributed by atoms with Crippen LogP contribution in [-0.2, 0) is 12.6 Å². The number of benzene rings is 1. The van der Waals surface area contributed by atoms with Crippen molar-refractivity contribution in [1.82, 2.24) is 4.98 Å². The minimum absolute atomic E-state index is 0.125. The standard InChI is InChI=1S/C12H9F5N2S/c13-7-2-1-3-8(14)6(7)4-9(18)10-5-19-11(20-10)12(15,16)17/h1-3,5,9H,4,18H2. The van der Waals surface area contributed by atoms with Crippen molar-refractivity contribution in [2.24, 2.45) is 5.73 Å². The summed E-state index contributed by atoms with van der Waals surface area (Å²) >= 11 is 0.373. The van der Waals surface area contributed by atoms with Gasteiger partial charge in [-0.05, 0) is 18.6 Å². The van der Waals surface area contributed by atoms with E-state index in [1.807, 2.05) is 0 Å². The lowest BCUT2D eigenvalue weighted by molar-refractivity contribution is -0.137. The third kappa shape index (κ3) is 3.13. The van der Waals surface area contributed by atoms with Crippen LogP contribution in [0.25, 0.3) is 0 Å². The predicted molar refractivity (Wildman–Crippen MR) is 64.1 cm³/mol. The van der Waals surface area contributed by atoms with E-state index in [-0.39, 0.29) is 16.9 Å². The van der Waals surface area contributed by atoms with Crippen LogP contribution in [0.4, 0.5) is 22.0 Å². The Morgan fingerprint density at radius 2 is 1.80 bits per heavy atom. The van der Waals surface area contributed by atoms with Crippen molar-refractivity contribution >= 4 is 11.3 Å². The molecule has 0 bridgehead atoms. The number of thiazole rings is 1. The number of rotatable bonds is 3. The van der Waals surface area contributed by atoms with Gasteiger partial charge < -0.3 is 5.73 Å². The summed E-state index contributed by atoms with van der Waals surface area (Å²) in [6, 6.07) is 2.39. The highest BCUT2D eigenvalue weighted by Crippen LogP contribution is 2.34. The summed E-state index contributed by atoms with van der Waals surface area (Å²) in [6.07, 6.45) is -3.80. The molecule has 0 aliphatic heterocycles. The van der Waals surface area contributed by atoms with E-state index in [1.54, 1.807) is 0 Å². The highest BCUT2D eigenvalue weighted by Gasteiger charge is 2.35. The molecule has 1 unspecified atom stereocenters. The number of aromatic nitrogens is 1. The number of hydrogen-bond donors (Lipinski definition) is 1. The topological polar surface area (TPSA) is 38.9 Å². The lowest BCUT2D eigenvalue weighted by Crippen LogP contribution is -2.14. The van der Waals surface area contributed by atoms with Crippen LogP contribution in [0, 0.1) is 11.6 Å². The van der Waals surface area contributed by atoms with Gasteiger partial charge >= 0.3 is 6.18 Å². The Kier molecular flexibility index (Phi) is 4.05. The van der Waals surface area contributed by atoms with Gasteiger partial charge in [-0.1, -0.05) is 6.07 Å². The predicted octanol–water partition coefficient (Wildman–Crippen LogP) is 3.68. The van der Waals surface area contributed by atoms with E-state index in [2.05, 4.69) is 4.98 Å². The fourth-order valence-corrected chi connectivity index (χ4v) is 2.42. The smallest absolute Gasteiger partial charge is 0.323 e. The van der Waals surface area contributed by atoms with E-state index >= 15 is 0 Å². The lowest BCUT2D eigenvalue weighted by Gasteiger charge is -2.10. The van der Waals surface area contributed by atoms with Crippen LogP contribution in [0.15, 0.2) is 24.4 Å². The van der Waals surface area contributed by atoms with E-state index in [0.717, 1.165) is 18.3 Å². The maximum absolute atomic E-state index is 13.4. The van der Waals surface area contributed by atoms with Crippen molar-refractivity contribution < 1.29 is 22.0 Å². The Hall–Kier alpha value is -1.54. The van der Waals surface area contributed by atoms with E-state index in [4.69, 9.17) is 5.73 Å². The third-order valence-corrected chi connectivity index (χ3v) is 3.79. The number of nitrogens with two attached hydrogens (primary N) is 1. The summed E-state index contributed by atoms with van der Waals surface area (Å²) in [4.78, 5) is 3.35. The van der Waals surface area contributed by atoms with E-state index in [0.29, 0.717) is 11.3 Å². The molecule has 8 heteroatoms. The Morgan fingerprint density at radius 3 is 2.30 bits per heavy atom. The molecular weight excluding hydrogens is 299 g/mol. The summed E-state index contributed by atoms with van der Waals surface area (Å²) in [7, 11) is 0. The van der Waals surface area contributed by atoms with Gasteiger partial charge in [-0.2, -0.15) is 13.2 Å². The Morgan fingerprint density at radius 1 is 1.20 bits per heavy atom. The number of hydrogen-bond acceptors (Lipinski definition) is 3. The maximum Gasteiger partial charge on any atom is 0.443 e. The Balaban J connectivity index is 2.20. The minimum atomic E-state index is -4.55. The van der Waals surface area contributed by atoms with Crippen molar-refractivity contribution in [3.63, 3.8) is 0 Å². The Bertz CT molecular complexity index is 588. The second kappa shape index (κ2) is 5.45. The zero-order valence-corrected chi connectivity index (χ0v) is 10.7. The number of halogens is 5. The normalized spacial score (nSPS) is 13.5. The molecule has 0 fully saturated rings. The number of nitrogens with zero attached hydrogens (tertiary/aromatic N) is 1. The van der Waals surface area contributed by atoms with Crippen molar-refractivity contribution in [3.05, 3.63) is 51.5 Å². The highest BCUT2D eigenvalue weighted by atomic mass is 32.1. The van der Waals surface area contributed by atoms with Gasteiger partial charge in [0.1, 0.15) is 11.6 Å². The monoisotopic (exact) mass is 308 g/mol. The molecule has 0 spiro atoms. The summed E-state index contributed by atoms with van der Waals surface area (Å²) in [6.45, 7) is 0. The zero-order valence-electron chi connectivity index (χ0n) is 9.92. The molecule has 1 aromatic carbocycles. The highest BCUT2D eigenvalue weighted by molar-refractivity contribution is 7.11. The first kappa shape index (κ1) is 14.9. The zero-order chi connectivity index (χ0) is 14.9. The second-order valence-electron chi connectivity index (χ2n) is 4.08. The van der Waals surface area contributed by atoms with Crippen LogP contribution in [0.5, 0.6) is 0 Å². The second-order valence-corrected chi connectivity index (χ2v) is 5.14. The van der Waals surface area contributed by atoms with E-state index < -0.39 is 28.9 Å². The van der Waals surface area contributed by atoms with Gasteiger partial charge in [-0.25, -0.2) is 13.8 Å². The fourth-order valence-electron chi connectivity index (χ4n) is 1.64. The molecule has 0 radical (unpaired) electrons. The van der Waals surface area contributed by atoms with Crippen molar-refractivity contribution in [2.75, 3.05) is 0 Å². The van der Waals surface area contributed by atoms with E-state index in [1.165, 1.54) is 6.07 Å². The number of alkyl halides is 3. The van der Waals surface area contributed by atoms with Crippen LogP contribution in [0.2, 0.25) is 0 Å². The van der Waals surface area contributed by atoms with Gasteiger partial charge in [-0.3, -0.25) is 0 Å². The summed E-state index contributed by atoms with van der Waals surface area (Å²) in [5.41, 5.74) is 5.44. The summed E-state index contributed by atoms with van der Waals surface area (Å²) in [5.74, 6) is -1.55. The van der Waals surface area contributed by atoms with Crippen LogP contribution in [-0.4, -0.2) is 4.98 Å². The molecule has 0 amide bonds. The van der Waals surface area contributed by atoms with Gasteiger partial charge in [0, 0.05) is 22.7 Å². The molecule has 2 aromatic rings. The molecule has 2 N–H and O–H groups in total. The van der Waals surface area contributed by atoms with Crippen LogP contribution in [0.1, 0.15) is 21.5 Å². The SMILES string of the molecule is NC(Cc1c(F)cccc1F)c1cnc(C(F)(F)F)s1. The first-order valence-electron chi connectivity index (χ1n) is 5.50. The van der Waals surface area contributed by atoms with Crippen molar-refractivity contribution in [2.45, 2.75) is 18.6 Å². The van der Waals surface area contributed by atoms with Gasteiger partial charge in [0.25, 0.3) is 0 Å². The lowest BCUT2D eigenvalue weighted by atomic mass is 10.0. The van der Waals surface area contributed by atoms with Crippen LogP contribution in [0.3, 0.4) is 0 Å². The van der Waals surface area contributed by atoms with Gasteiger partial charge in [0.15, 0.2) is 5.01 Å². The summed E-state index contributed by atoms with van der Waals surface area (Å²) < 4.78 is 64.1. The molecule has 0 aliphatic rings. The molecule has 2 nitrogen and oxygen atoms in total. The van der Waals surface area contributed by atoms with Crippen LogP contribution >= 0.6 is 11.3 Å². The molecule has 0 aliphatic carbocycles. The molecule has 1 atom stereocenters. The molecule has 1 heterocycles. The van der Waals surface area contributed by atoms with Gasteiger partial charge in [0.2, 0.25) is 0 Å². The van der Waals surface area contributed by atoms with Gasteiger partial charge in [-0.15, -0.1) is 11.3 Å². The molecule has 0 saturated carbocycles. The van der Waals surface area contributed by atoms with Crippen molar-refractivity contribution in [3.8, 4) is 0 Å². The summed E-state index contributed by atoms with van der Waals surface area (Å²) in [5, 5.41) is -1.03. The van der Waals surface area contributed by atoms with Crippen molar-refractivity contribution in [1.29, 1.82) is 0 Å². The average Bonchev–Trinajstić information content (AvgIpc) is 2.83. The van der Waals surface area contributed by atoms with Gasteiger partial charge in [0.05, 0.1) is 0 Å². The molecule has 1 aromatic heterocycles. The molecular formula is C12H9F5N2S. The fraction of sp³-hybridized carbons (Fsp3) is 0.250. The third-order valence-electron chi connectivity index (χ3n) is 2.62. The molecule has 108 valence electrons. The Labute approximate surface area is 115 Å².